The number of benzene rings is 1. The van der Waals surface area contributed by atoms with Crippen LogP contribution >= 0.6 is 34.2 Å². The monoisotopic (exact) mass is 375 g/mol. The van der Waals surface area contributed by atoms with Gasteiger partial charge in [-0.15, -0.1) is 0 Å². The number of phenols is 1. The molecule has 0 spiro atoms. The molecule has 2 N–H and O–H groups in total. The van der Waals surface area contributed by atoms with Gasteiger partial charge >= 0.3 is 0 Å². The smallest absolute Gasteiger partial charge is 0.258 e. The molecule has 18 heavy (non-hydrogen) atoms. The standard InChI is InChI=1S/C11H7ClIN3O2/c12-9-3-4-14-11(15-9)16-10(18)6-1-2-7(13)8(17)5-6/h1-5,17H,(H,14,15,16,18). The molecule has 1 amide bonds. The first kappa shape index (κ1) is 13.0. The molecule has 1 heterocycles. The Labute approximate surface area is 121 Å². The van der Waals surface area contributed by atoms with Gasteiger partial charge in [-0.3, -0.25) is 10.1 Å². The summed E-state index contributed by atoms with van der Waals surface area (Å²) in [6.07, 6.45) is 1.44. The van der Waals surface area contributed by atoms with Gasteiger partial charge in [0, 0.05) is 11.8 Å². The van der Waals surface area contributed by atoms with Crippen molar-refractivity contribution in [3.63, 3.8) is 0 Å². The van der Waals surface area contributed by atoms with E-state index in [4.69, 9.17) is 11.6 Å². The van der Waals surface area contributed by atoms with Crippen LogP contribution in [0.15, 0.2) is 30.5 Å². The highest BCUT2D eigenvalue weighted by Gasteiger charge is 2.10. The van der Waals surface area contributed by atoms with E-state index >= 15 is 0 Å². The number of nitrogens with zero attached hydrogens (tertiary/aromatic N) is 2. The van der Waals surface area contributed by atoms with Gasteiger partial charge in [0.1, 0.15) is 10.9 Å². The summed E-state index contributed by atoms with van der Waals surface area (Å²) >= 11 is 7.65. The zero-order valence-electron chi connectivity index (χ0n) is 8.89. The predicted molar refractivity (Wildman–Crippen MR) is 75.8 cm³/mol. The second-order valence-electron chi connectivity index (χ2n) is 3.32. The van der Waals surface area contributed by atoms with Crippen LogP contribution in [0.25, 0.3) is 0 Å². The molecular weight excluding hydrogens is 368 g/mol. The normalized spacial score (nSPS) is 10.1. The summed E-state index contributed by atoms with van der Waals surface area (Å²) in [7, 11) is 0. The first-order valence-corrected chi connectivity index (χ1v) is 6.30. The third-order valence-electron chi connectivity index (χ3n) is 2.06. The lowest BCUT2D eigenvalue weighted by molar-refractivity contribution is 0.102. The lowest BCUT2D eigenvalue weighted by Gasteiger charge is -2.04. The van der Waals surface area contributed by atoms with Gasteiger partial charge in [0.25, 0.3) is 5.91 Å². The molecular formula is C11H7ClIN3O2. The topological polar surface area (TPSA) is 75.1 Å². The highest BCUT2D eigenvalue weighted by Crippen LogP contribution is 2.20. The number of rotatable bonds is 2. The summed E-state index contributed by atoms with van der Waals surface area (Å²) in [6, 6.07) is 6.13. The minimum Gasteiger partial charge on any atom is -0.507 e. The maximum absolute atomic E-state index is 11.8. The zero-order chi connectivity index (χ0) is 13.1. The van der Waals surface area contributed by atoms with E-state index < -0.39 is 5.91 Å². The van der Waals surface area contributed by atoms with E-state index in [1.165, 1.54) is 18.3 Å². The van der Waals surface area contributed by atoms with Crippen LogP contribution < -0.4 is 5.32 Å². The van der Waals surface area contributed by atoms with Gasteiger partial charge in [0.15, 0.2) is 0 Å². The number of halogens is 2. The van der Waals surface area contributed by atoms with Crippen LogP contribution in [0, 0.1) is 3.57 Å². The predicted octanol–water partition coefficient (Wildman–Crippen LogP) is 2.69. The number of nitrogens with one attached hydrogen (secondary N) is 1. The van der Waals surface area contributed by atoms with Crippen molar-refractivity contribution >= 4 is 46.0 Å². The van der Waals surface area contributed by atoms with Crippen molar-refractivity contribution in [2.45, 2.75) is 0 Å². The van der Waals surface area contributed by atoms with Crippen molar-refractivity contribution < 1.29 is 9.90 Å². The number of hydrogen-bond acceptors (Lipinski definition) is 4. The zero-order valence-corrected chi connectivity index (χ0v) is 11.8. The molecule has 0 saturated carbocycles. The lowest BCUT2D eigenvalue weighted by atomic mass is 10.2. The van der Waals surface area contributed by atoms with Crippen LogP contribution in [0.3, 0.4) is 0 Å². The van der Waals surface area contributed by atoms with Crippen LogP contribution in [-0.4, -0.2) is 21.0 Å². The molecule has 0 aliphatic heterocycles. The molecule has 0 aliphatic carbocycles. The Hall–Kier alpha value is -1.41. The van der Waals surface area contributed by atoms with Gasteiger partial charge in [0.05, 0.1) is 3.57 Å². The van der Waals surface area contributed by atoms with Crippen molar-refractivity contribution in [3.8, 4) is 5.75 Å². The SMILES string of the molecule is O=C(Nc1nccc(Cl)n1)c1ccc(I)c(O)c1. The van der Waals surface area contributed by atoms with E-state index in [1.54, 1.807) is 12.1 Å². The van der Waals surface area contributed by atoms with Crippen LogP contribution in [-0.2, 0) is 0 Å². The van der Waals surface area contributed by atoms with Crippen LogP contribution in [0.5, 0.6) is 5.75 Å². The van der Waals surface area contributed by atoms with E-state index in [-0.39, 0.29) is 16.9 Å². The van der Waals surface area contributed by atoms with Crippen molar-refractivity contribution in [2.24, 2.45) is 0 Å². The van der Waals surface area contributed by atoms with Gasteiger partial charge in [-0.2, -0.15) is 0 Å². The molecule has 0 aliphatic rings. The van der Waals surface area contributed by atoms with Crippen LogP contribution in [0.1, 0.15) is 10.4 Å². The third-order valence-corrected chi connectivity index (χ3v) is 3.18. The summed E-state index contributed by atoms with van der Waals surface area (Å²) in [4.78, 5) is 19.5. The number of aromatic hydroxyl groups is 1. The van der Waals surface area contributed by atoms with E-state index in [0.717, 1.165) is 0 Å². The van der Waals surface area contributed by atoms with E-state index in [1.807, 2.05) is 22.6 Å². The van der Waals surface area contributed by atoms with Crippen LogP contribution in [0.4, 0.5) is 5.95 Å². The molecule has 0 radical (unpaired) electrons. The summed E-state index contributed by atoms with van der Waals surface area (Å²) < 4.78 is 0.670. The van der Waals surface area contributed by atoms with E-state index in [0.29, 0.717) is 9.13 Å². The largest absolute Gasteiger partial charge is 0.507 e. The molecule has 2 aromatic rings. The number of hydrogen-bond donors (Lipinski definition) is 2. The summed E-state index contributed by atoms with van der Waals surface area (Å²) in [5.74, 6) is -0.246. The molecule has 0 atom stereocenters. The molecule has 0 fully saturated rings. The molecule has 2 rings (SSSR count). The molecule has 1 aromatic heterocycles. The second-order valence-corrected chi connectivity index (χ2v) is 4.87. The number of anilines is 1. The molecule has 1 aromatic carbocycles. The fraction of sp³-hybridized carbons (Fsp3) is 0. The Bertz CT molecular complexity index is 607. The molecule has 0 saturated heterocycles. The Kier molecular flexibility index (Phi) is 3.97. The van der Waals surface area contributed by atoms with Crippen molar-refractivity contribution in [2.75, 3.05) is 5.32 Å². The van der Waals surface area contributed by atoms with Crippen LogP contribution in [0.2, 0.25) is 5.15 Å². The Balaban J connectivity index is 2.19. The quantitative estimate of drug-likeness (QED) is 0.625. The second kappa shape index (κ2) is 5.49. The average Bonchev–Trinajstić information content (AvgIpc) is 2.32. The van der Waals surface area contributed by atoms with Crippen molar-refractivity contribution in [1.82, 2.24) is 9.97 Å². The number of amides is 1. The maximum atomic E-state index is 11.8. The van der Waals surface area contributed by atoms with E-state index in [2.05, 4.69) is 15.3 Å². The third kappa shape index (κ3) is 3.08. The highest BCUT2D eigenvalue weighted by molar-refractivity contribution is 14.1. The molecule has 0 bridgehead atoms. The summed E-state index contributed by atoms with van der Waals surface area (Å²) in [6.45, 7) is 0. The van der Waals surface area contributed by atoms with Gasteiger partial charge in [0.2, 0.25) is 5.95 Å². The van der Waals surface area contributed by atoms with E-state index in [9.17, 15) is 9.90 Å². The summed E-state index contributed by atoms with van der Waals surface area (Å²) in [5, 5.41) is 12.2. The molecule has 7 heteroatoms. The molecule has 92 valence electrons. The minimum absolute atomic E-state index is 0.0512. The Morgan fingerprint density at radius 2 is 2.17 bits per heavy atom. The fourth-order valence-corrected chi connectivity index (χ4v) is 1.70. The average molecular weight is 376 g/mol. The highest BCUT2D eigenvalue weighted by atomic mass is 127. The van der Waals surface area contributed by atoms with Crippen molar-refractivity contribution in [3.05, 3.63) is 44.7 Å². The lowest BCUT2D eigenvalue weighted by Crippen LogP contribution is -2.14. The van der Waals surface area contributed by atoms with Gasteiger partial charge in [-0.1, -0.05) is 11.6 Å². The van der Waals surface area contributed by atoms with Gasteiger partial charge in [-0.05, 0) is 46.9 Å². The summed E-state index contributed by atoms with van der Waals surface area (Å²) in [5.41, 5.74) is 0.316. The van der Waals surface area contributed by atoms with Crippen molar-refractivity contribution in [1.29, 1.82) is 0 Å². The minimum atomic E-state index is -0.413. The molecule has 5 nitrogen and oxygen atoms in total. The number of aromatic nitrogens is 2. The number of carbonyl (C=O) groups is 1. The number of phenolic OH excluding ortho intramolecular Hbond substituents is 1. The first-order valence-electron chi connectivity index (χ1n) is 4.84. The van der Waals surface area contributed by atoms with Gasteiger partial charge in [-0.25, -0.2) is 9.97 Å². The Morgan fingerprint density at radius 3 is 2.83 bits per heavy atom. The Morgan fingerprint density at radius 1 is 1.39 bits per heavy atom. The number of carbonyl (C=O) groups excluding carboxylic acids is 1. The first-order chi connectivity index (χ1) is 8.56. The fourth-order valence-electron chi connectivity index (χ4n) is 1.22. The maximum Gasteiger partial charge on any atom is 0.258 e. The van der Waals surface area contributed by atoms with Gasteiger partial charge < -0.3 is 5.11 Å². The molecule has 0 unspecified atom stereocenters.